The van der Waals surface area contributed by atoms with Crippen LogP contribution in [0.3, 0.4) is 0 Å². The van der Waals surface area contributed by atoms with Gasteiger partial charge in [0.25, 0.3) is 0 Å². The van der Waals surface area contributed by atoms with E-state index >= 15 is 0 Å². The monoisotopic (exact) mass is 873 g/mol. The van der Waals surface area contributed by atoms with E-state index in [4.69, 9.17) is 14.2 Å². The van der Waals surface area contributed by atoms with Gasteiger partial charge in [0.2, 0.25) is 0 Å². The van der Waals surface area contributed by atoms with Crippen LogP contribution in [0.2, 0.25) is 0 Å². The van der Waals surface area contributed by atoms with Crippen molar-refractivity contribution in [2.45, 2.75) is 219 Å². The first kappa shape index (κ1) is 59.1. The smallest absolute Gasteiger partial charge is 0.306 e. The minimum atomic E-state index is -0.793. The number of esters is 3. The summed E-state index contributed by atoms with van der Waals surface area (Å²) in [5.41, 5.74) is 0. The van der Waals surface area contributed by atoms with Gasteiger partial charge in [-0.15, -0.1) is 0 Å². The van der Waals surface area contributed by atoms with E-state index < -0.39 is 6.10 Å². The molecule has 6 nitrogen and oxygen atoms in total. The minimum Gasteiger partial charge on any atom is -0.462 e. The number of hydrogen-bond acceptors (Lipinski definition) is 6. The fourth-order valence-electron chi connectivity index (χ4n) is 6.52. The van der Waals surface area contributed by atoms with E-state index in [9.17, 15) is 14.4 Å². The van der Waals surface area contributed by atoms with Gasteiger partial charge in [-0.05, 0) is 103 Å². The predicted octanol–water partition coefficient (Wildman–Crippen LogP) is 16.8. The van der Waals surface area contributed by atoms with Gasteiger partial charge in [-0.2, -0.15) is 0 Å². The number of carbonyl (C=O) groups excluding carboxylic acids is 3. The fraction of sp³-hybridized carbons (Fsp3) is 0.632. The maximum absolute atomic E-state index is 12.7. The van der Waals surface area contributed by atoms with Gasteiger partial charge in [-0.1, -0.05) is 201 Å². The van der Waals surface area contributed by atoms with Crippen molar-refractivity contribution in [1.82, 2.24) is 0 Å². The van der Waals surface area contributed by atoms with Gasteiger partial charge in [0.15, 0.2) is 6.10 Å². The van der Waals surface area contributed by atoms with Crippen LogP contribution < -0.4 is 0 Å². The molecule has 0 saturated carbocycles. The summed E-state index contributed by atoms with van der Waals surface area (Å²) < 4.78 is 16.6. The summed E-state index contributed by atoms with van der Waals surface area (Å²) in [5.74, 6) is -0.951. The highest BCUT2D eigenvalue weighted by Gasteiger charge is 2.19. The van der Waals surface area contributed by atoms with E-state index in [0.29, 0.717) is 19.3 Å². The van der Waals surface area contributed by atoms with Crippen LogP contribution in [0, 0.1) is 0 Å². The number of unbranched alkanes of at least 4 members (excludes halogenated alkanes) is 15. The number of rotatable bonds is 44. The lowest BCUT2D eigenvalue weighted by atomic mass is 10.1. The lowest BCUT2D eigenvalue weighted by Gasteiger charge is -2.18. The standard InChI is InChI=1S/C57H92O6/c1-4-7-10-13-15-17-19-21-23-25-26-27-28-29-30-32-33-35-37-39-41-44-47-50-56(59)62-53-54(52-61-55(58)49-46-43-12-9-6-3)63-57(60)51-48-45-42-40-38-36-34-31-24-22-20-18-16-14-11-8-5-2/h7-8,10-11,15-18,21-24,26-27,29-30,34,36,54H,4-6,9,12-14,19-20,25,28,31-33,35,37-53H2,1-3H3/b10-7-,11-8-,17-15-,18-16-,23-21-,24-22-,27-26-,30-29-,36-34-. The Morgan fingerprint density at radius 2 is 0.619 bits per heavy atom. The van der Waals surface area contributed by atoms with E-state index in [1.807, 2.05) is 0 Å². The molecule has 0 aliphatic rings. The molecule has 356 valence electrons. The van der Waals surface area contributed by atoms with Gasteiger partial charge >= 0.3 is 17.9 Å². The van der Waals surface area contributed by atoms with Crippen molar-refractivity contribution in [3.63, 3.8) is 0 Å². The average Bonchev–Trinajstić information content (AvgIpc) is 3.28. The zero-order valence-corrected chi connectivity index (χ0v) is 40.5. The second-order valence-electron chi connectivity index (χ2n) is 16.3. The van der Waals surface area contributed by atoms with Crippen molar-refractivity contribution in [3.8, 4) is 0 Å². The van der Waals surface area contributed by atoms with Crippen LogP contribution in [-0.4, -0.2) is 37.2 Å². The summed E-state index contributed by atoms with van der Waals surface area (Å²) in [6, 6.07) is 0. The highest BCUT2D eigenvalue weighted by Crippen LogP contribution is 2.13. The molecular formula is C57H92O6. The summed E-state index contributed by atoms with van der Waals surface area (Å²) in [5, 5.41) is 0. The maximum atomic E-state index is 12.7. The van der Waals surface area contributed by atoms with Crippen molar-refractivity contribution < 1.29 is 28.6 Å². The van der Waals surface area contributed by atoms with Crippen molar-refractivity contribution in [1.29, 1.82) is 0 Å². The van der Waals surface area contributed by atoms with Crippen molar-refractivity contribution >= 4 is 17.9 Å². The molecule has 6 heteroatoms. The molecule has 0 amide bonds. The topological polar surface area (TPSA) is 78.9 Å². The van der Waals surface area contributed by atoms with E-state index in [2.05, 4.69) is 130 Å². The third-order valence-corrected chi connectivity index (χ3v) is 10.3. The van der Waals surface area contributed by atoms with E-state index in [1.54, 1.807) is 0 Å². The van der Waals surface area contributed by atoms with Crippen LogP contribution in [0.15, 0.2) is 109 Å². The highest BCUT2D eigenvalue weighted by molar-refractivity contribution is 5.71. The van der Waals surface area contributed by atoms with E-state index in [1.165, 1.54) is 25.7 Å². The molecule has 0 aliphatic carbocycles. The molecule has 0 aromatic heterocycles. The Kier molecular flexibility index (Phi) is 47.5. The summed E-state index contributed by atoms with van der Waals surface area (Å²) in [6.07, 6.45) is 68.2. The molecule has 0 radical (unpaired) electrons. The van der Waals surface area contributed by atoms with E-state index in [0.717, 1.165) is 148 Å². The van der Waals surface area contributed by atoms with Gasteiger partial charge < -0.3 is 14.2 Å². The van der Waals surface area contributed by atoms with Crippen molar-refractivity contribution in [2.75, 3.05) is 13.2 Å². The number of ether oxygens (including phenoxy) is 3. The van der Waals surface area contributed by atoms with Crippen molar-refractivity contribution in [3.05, 3.63) is 109 Å². The predicted molar refractivity (Wildman–Crippen MR) is 270 cm³/mol. The Balaban J connectivity index is 4.24. The van der Waals surface area contributed by atoms with E-state index in [-0.39, 0.29) is 31.1 Å². The molecule has 0 aliphatic heterocycles. The molecule has 1 unspecified atom stereocenters. The Hall–Kier alpha value is -3.93. The first-order valence-electron chi connectivity index (χ1n) is 25.4. The third-order valence-electron chi connectivity index (χ3n) is 10.3. The first-order valence-corrected chi connectivity index (χ1v) is 25.4. The molecule has 0 bridgehead atoms. The molecule has 1 atom stereocenters. The molecule has 0 saturated heterocycles. The minimum absolute atomic E-state index is 0.0945. The fourth-order valence-corrected chi connectivity index (χ4v) is 6.52. The van der Waals surface area contributed by atoms with Crippen LogP contribution in [0.5, 0.6) is 0 Å². The maximum Gasteiger partial charge on any atom is 0.306 e. The van der Waals surface area contributed by atoms with Gasteiger partial charge in [0.1, 0.15) is 13.2 Å². The quantitative estimate of drug-likeness (QED) is 0.0263. The normalized spacial score (nSPS) is 13.0. The van der Waals surface area contributed by atoms with Gasteiger partial charge in [-0.3, -0.25) is 14.4 Å². The Labute approximate surface area is 387 Å². The third kappa shape index (κ3) is 49.0. The second-order valence-corrected chi connectivity index (χ2v) is 16.3. The number of allylic oxidation sites excluding steroid dienone is 18. The van der Waals surface area contributed by atoms with Crippen LogP contribution in [0.25, 0.3) is 0 Å². The van der Waals surface area contributed by atoms with Gasteiger partial charge in [0.05, 0.1) is 0 Å². The lowest BCUT2D eigenvalue weighted by Crippen LogP contribution is -2.30. The average molecular weight is 873 g/mol. The zero-order valence-electron chi connectivity index (χ0n) is 40.5. The molecule has 0 spiro atoms. The van der Waals surface area contributed by atoms with Gasteiger partial charge in [-0.25, -0.2) is 0 Å². The van der Waals surface area contributed by atoms with Crippen LogP contribution in [-0.2, 0) is 28.6 Å². The van der Waals surface area contributed by atoms with Gasteiger partial charge in [0, 0.05) is 19.3 Å². The Morgan fingerprint density at radius 3 is 0.968 bits per heavy atom. The number of carbonyl (C=O) groups is 3. The van der Waals surface area contributed by atoms with Crippen LogP contribution in [0.1, 0.15) is 213 Å². The SMILES string of the molecule is CC/C=C\C/C=C\C/C=C\C/C=C\C/C=C\CCCCCCCCCC(=O)OCC(COC(=O)CCCCCCC)OC(=O)CCCCCC/C=C\C/C=C\C/C=C\C/C=C\CC. The Bertz CT molecular complexity index is 1330. The van der Waals surface area contributed by atoms with Crippen LogP contribution >= 0.6 is 0 Å². The largest absolute Gasteiger partial charge is 0.462 e. The molecular weight excluding hydrogens is 781 g/mol. The molecule has 0 N–H and O–H groups in total. The first-order chi connectivity index (χ1) is 31.0. The van der Waals surface area contributed by atoms with Crippen LogP contribution in [0.4, 0.5) is 0 Å². The highest BCUT2D eigenvalue weighted by atomic mass is 16.6. The summed E-state index contributed by atoms with van der Waals surface area (Å²) in [7, 11) is 0. The van der Waals surface area contributed by atoms with Crippen molar-refractivity contribution in [2.24, 2.45) is 0 Å². The molecule has 0 aromatic carbocycles. The molecule has 0 rings (SSSR count). The molecule has 0 heterocycles. The summed E-state index contributed by atoms with van der Waals surface area (Å²) in [6.45, 7) is 6.28. The zero-order chi connectivity index (χ0) is 45.8. The summed E-state index contributed by atoms with van der Waals surface area (Å²) in [4.78, 5) is 37.7. The second kappa shape index (κ2) is 50.7. The molecule has 0 aromatic rings. The number of hydrogen-bond donors (Lipinski definition) is 0. The Morgan fingerprint density at radius 1 is 0.333 bits per heavy atom. The lowest BCUT2D eigenvalue weighted by molar-refractivity contribution is -0.167. The molecule has 0 fully saturated rings. The summed E-state index contributed by atoms with van der Waals surface area (Å²) >= 11 is 0. The molecule has 63 heavy (non-hydrogen) atoms.